The Bertz CT molecular complexity index is 911. The van der Waals surface area contributed by atoms with Gasteiger partial charge in [0, 0.05) is 13.1 Å². The van der Waals surface area contributed by atoms with Crippen LogP contribution in [-0.4, -0.2) is 59.7 Å². The number of benzene rings is 1. The van der Waals surface area contributed by atoms with Crippen molar-refractivity contribution in [2.24, 2.45) is 0 Å². The van der Waals surface area contributed by atoms with E-state index in [1.54, 1.807) is 29.2 Å². The summed E-state index contributed by atoms with van der Waals surface area (Å²) < 4.78 is 11.2. The average molecular weight is 465 g/mol. The highest BCUT2D eigenvalue weighted by Crippen LogP contribution is 2.39. The molecule has 31 heavy (non-hydrogen) atoms. The van der Waals surface area contributed by atoms with E-state index in [9.17, 15) is 14.4 Å². The first kappa shape index (κ1) is 23.2. The molecular weight excluding hydrogens is 440 g/mol. The fraction of sp³-hybridized carbons (Fsp3) is 0.409. The van der Waals surface area contributed by atoms with Crippen LogP contribution in [0.15, 0.2) is 29.7 Å². The molecule has 2 saturated heterocycles. The summed E-state index contributed by atoms with van der Waals surface area (Å²) in [6.45, 7) is 7.23. The third-order valence-electron chi connectivity index (χ3n) is 4.85. The summed E-state index contributed by atoms with van der Waals surface area (Å²) in [5.74, 6) is 0.137. The maximum Gasteiger partial charge on any atom is 0.294 e. The van der Waals surface area contributed by atoms with E-state index in [0.29, 0.717) is 41.8 Å². The van der Waals surface area contributed by atoms with E-state index in [1.807, 2.05) is 6.92 Å². The predicted molar refractivity (Wildman–Crippen MR) is 121 cm³/mol. The highest BCUT2D eigenvalue weighted by Gasteiger charge is 2.37. The minimum atomic E-state index is -0.485. The minimum absolute atomic E-state index is 0.200. The Morgan fingerprint density at radius 1 is 1.23 bits per heavy atom. The van der Waals surface area contributed by atoms with Crippen molar-refractivity contribution in [3.8, 4) is 11.5 Å². The zero-order valence-corrected chi connectivity index (χ0v) is 19.0. The molecule has 166 valence electrons. The van der Waals surface area contributed by atoms with Crippen LogP contribution in [0.4, 0.5) is 4.79 Å². The summed E-state index contributed by atoms with van der Waals surface area (Å²) in [4.78, 5) is 40.6. The molecule has 3 rings (SSSR count). The van der Waals surface area contributed by atoms with Crippen LogP contribution in [0.3, 0.4) is 0 Å². The Labute approximate surface area is 191 Å². The number of rotatable bonds is 8. The number of halogens is 1. The molecule has 9 heteroatoms. The Morgan fingerprint density at radius 2 is 1.97 bits per heavy atom. The van der Waals surface area contributed by atoms with Gasteiger partial charge >= 0.3 is 0 Å². The molecule has 0 radical (unpaired) electrons. The Kier molecular flexibility index (Phi) is 8.03. The van der Waals surface area contributed by atoms with Crippen LogP contribution in [0.25, 0.3) is 6.08 Å². The van der Waals surface area contributed by atoms with Crippen molar-refractivity contribution in [1.29, 1.82) is 0 Å². The molecular formula is C22H25ClN2O5S. The SMILES string of the molecule is C=CCOc1c(Cl)cc(/C=C2/SC(=O)N(CC(=O)N3CCCCC3)C2=O)cc1OCC. The van der Waals surface area contributed by atoms with Gasteiger partial charge in [0.25, 0.3) is 11.1 Å². The van der Waals surface area contributed by atoms with Crippen molar-refractivity contribution in [3.63, 3.8) is 0 Å². The van der Waals surface area contributed by atoms with Crippen LogP contribution >= 0.6 is 23.4 Å². The summed E-state index contributed by atoms with van der Waals surface area (Å²) in [7, 11) is 0. The molecule has 1 aromatic rings. The van der Waals surface area contributed by atoms with Crippen LogP contribution in [-0.2, 0) is 9.59 Å². The molecule has 1 aromatic carbocycles. The first-order valence-corrected chi connectivity index (χ1v) is 11.4. The molecule has 0 aliphatic carbocycles. The molecule has 0 bridgehead atoms. The largest absolute Gasteiger partial charge is 0.490 e. The maximum atomic E-state index is 12.8. The lowest BCUT2D eigenvalue weighted by Gasteiger charge is -2.27. The van der Waals surface area contributed by atoms with E-state index in [-0.39, 0.29) is 24.0 Å². The number of amides is 3. The van der Waals surface area contributed by atoms with Crippen molar-refractivity contribution in [1.82, 2.24) is 9.80 Å². The number of carbonyl (C=O) groups is 3. The monoisotopic (exact) mass is 464 g/mol. The van der Waals surface area contributed by atoms with E-state index in [4.69, 9.17) is 21.1 Å². The molecule has 0 aromatic heterocycles. The third kappa shape index (κ3) is 5.62. The number of hydrogen-bond acceptors (Lipinski definition) is 6. The van der Waals surface area contributed by atoms with Gasteiger partial charge < -0.3 is 14.4 Å². The van der Waals surface area contributed by atoms with E-state index in [1.165, 1.54) is 0 Å². The van der Waals surface area contributed by atoms with Gasteiger partial charge in [-0.05, 0) is 61.7 Å². The average Bonchev–Trinajstić information content (AvgIpc) is 3.01. The van der Waals surface area contributed by atoms with Crippen molar-refractivity contribution in [2.75, 3.05) is 32.8 Å². The lowest BCUT2D eigenvalue weighted by Crippen LogP contribution is -2.44. The Hall–Kier alpha value is -2.45. The second-order valence-electron chi connectivity index (χ2n) is 7.07. The topological polar surface area (TPSA) is 76.2 Å². The molecule has 3 amide bonds. The lowest BCUT2D eigenvalue weighted by molar-refractivity contribution is -0.136. The quantitative estimate of drug-likeness (QED) is 0.420. The number of imide groups is 1. The van der Waals surface area contributed by atoms with Crippen LogP contribution in [0.2, 0.25) is 5.02 Å². The predicted octanol–water partition coefficient (Wildman–Crippen LogP) is 4.35. The van der Waals surface area contributed by atoms with E-state index >= 15 is 0 Å². The van der Waals surface area contributed by atoms with Crippen molar-refractivity contribution in [3.05, 3.63) is 40.3 Å². The molecule has 0 atom stereocenters. The molecule has 2 aliphatic heterocycles. The second-order valence-corrected chi connectivity index (χ2v) is 8.47. The first-order valence-electron chi connectivity index (χ1n) is 10.2. The fourth-order valence-electron chi connectivity index (χ4n) is 3.38. The van der Waals surface area contributed by atoms with Crippen LogP contribution in [0.5, 0.6) is 11.5 Å². The summed E-state index contributed by atoms with van der Waals surface area (Å²) >= 11 is 7.16. The maximum absolute atomic E-state index is 12.8. The van der Waals surface area contributed by atoms with Gasteiger partial charge in [-0.2, -0.15) is 0 Å². The van der Waals surface area contributed by atoms with Crippen molar-refractivity contribution < 1.29 is 23.9 Å². The Morgan fingerprint density at radius 3 is 2.65 bits per heavy atom. The van der Waals surface area contributed by atoms with Crippen LogP contribution in [0.1, 0.15) is 31.7 Å². The molecule has 2 fully saturated rings. The summed E-state index contributed by atoms with van der Waals surface area (Å²) in [6.07, 6.45) is 6.16. The molecule has 0 unspecified atom stereocenters. The van der Waals surface area contributed by atoms with Gasteiger partial charge in [0.05, 0.1) is 16.5 Å². The van der Waals surface area contributed by atoms with Gasteiger partial charge in [0.15, 0.2) is 11.5 Å². The second kappa shape index (κ2) is 10.7. The van der Waals surface area contributed by atoms with Gasteiger partial charge in [-0.25, -0.2) is 0 Å². The number of carbonyl (C=O) groups excluding carboxylic acids is 3. The molecule has 7 nitrogen and oxygen atoms in total. The lowest BCUT2D eigenvalue weighted by atomic mass is 10.1. The number of ether oxygens (including phenoxy) is 2. The Balaban J connectivity index is 1.78. The van der Waals surface area contributed by atoms with Crippen molar-refractivity contribution >= 4 is 46.5 Å². The number of hydrogen-bond donors (Lipinski definition) is 0. The van der Waals surface area contributed by atoms with Crippen LogP contribution < -0.4 is 9.47 Å². The molecule has 2 aliphatic rings. The number of piperidine rings is 1. The zero-order chi connectivity index (χ0) is 22.4. The van der Waals surface area contributed by atoms with Gasteiger partial charge in [-0.3, -0.25) is 19.3 Å². The molecule has 0 saturated carbocycles. The highest BCUT2D eigenvalue weighted by atomic mass is 35.5. The fourth-order valence-corrected chi connectivity index (χ4v) is 4.49. The van der Waals surface area contributed by atoms with Gasteiger partial charge in [0.1, 0.15) is 13.2 Å². The normalized spacial score (nSPS) is 17.9. The third-order valence-corrected chi connectivity index (χ3v) is 6.04. The minimum Gasteiger partial charge on any atom is -0.490 e. The smallest absolute Gasteiger partial charge is 0.294 e. The van der Waals surface area contributed by atoms with E-state index < -0.39 is 11.1 Å². The van der Waals surface area contributed by atoms with Gasteiger partial charge in [-0.15, -0.1) is 0 Å². The summed E-state index contributed by atoms with van der Waals surface area (Å²) in [5, 5.41) is -0.137. The zero-order valence-electron chi connectivity index (χ0n) is 17.4. The van der Waals surface area contributed by atoms with Gasteiger partial charge in [-0.1, -0.05) is 24.3 Å². The molecule has 0 N–H and O–H groups in total. The van der Waals surface area contributed by atoms with E-state index in [2.05, 4.69) is 6.58 Å². The van der Waals surface area contributed by atoms with Crippen LogP contribution in [0, 0.1) is 0 Å². The number of nitrogens with zero attached hydrogens (tertiary/aromatic N) is 2. The van der Waals surface area contributed by atoms with Gasteiger partial charge in [0.2, 0.25) is 5.91 Å². The molecule has 2 heterocycles. The van der Waals surface area contributed by atoms with E-state index in [0.717, 1.165) is 35.9 Å². The summed E-state index contributed by atoms with van der Waals surface area (Å²) in [5.41, 5.74) is 0.590. The number of thioether (sulfide) groups is 1. The molecule has 0 spiro atoms. The highest BCUT2D eigenvalue weighted by molar-refractivity contribution is 8.18. The number of likely N-dealkylation sites (tertiary alicyclic amines) is 1. The summed E-state index contributed by atoms with van der Waals surface area (Å²) in [6, 6.07) is 3.33. The first-order chi connectivity index (χ1) is 14.9. The standard InChI is InChI=1S/C22H25ClN2O5S/c1-3-10-30-20-16(23)11-15(12-17(20)29-4-2)13-18-21(27)25(22(28)31-18)14-19(26)24-8-6-5-7-9-24/h3,11-13H,1,4-10,14H2,2H3/b18-13+. The van der Waals surface area contributed by atoms with Crippen molar-refractivity contribution in [2.45, 2.75) is 26.2 Å².